The summed E-state index contributed by atoms with van der Waals surface area (Å²) in [7, 11) is 1.44. The van der Waals surface area contributed by atoms with Crippen LogP contribution < -0.4 is 24.8 Å². The van der Waals surface area contributed by atoms with E-state index in [0.29, 0.717) is 5.57 Å². The van der Waals surface area contributed by atoms with Crippen LogP contribution >= 0.6 is 0 Å². The molecule has 0 N–H and O–H groups in total. The lowest BCUT2D eigenvalue weighted by molar-refractivity contribution is -0.135. The molecule has 0 unspecified atom stereocenters. The normalized spacial score (nSPS) is 18.7. The minimum atomic E-state index is -0.353. The van der Waals surface area contributed by atoms with Crippen LogP contribution in [0.15, 0.2) is 59.7 Å². The third-order valence-electron chi connectivity index (χ3n) is 9.09. The molecule has 0 saturated carbocycles. The molecule has 3 heterocycles. The maximum atomic E-state index is 13.1. The predicted molar refractivity (Wildman–Crippen MR) is 175 cm³/mol. The van der Waals surface area contributed by atoms with E-state index in [1.807, 2.05) is 26.0 Å². The summed E-state index contributed by atoms with van der Waals surface area (Å²) in [5, 5.41) is 2.14. The average molecular weight is 566 g/mol. The van der Waals surface area contributed by atoms with Gasteiger partial charge in [-0.25, -0.2) is 9.37 Å². The molecule has 0 saturated heterocycles. The molecule has 42 heavy (non-hydrogen) atoms. The summed E-state index contributed by atoms with van der Waals surface area (Å²) in [6.07, 6.45) is 8.56. The second-order valence-electron chi connectivity index (χ2n) is 12.6. The van der Waals surface area contributed by atoms with Gasteiger partial charge >= 0.3 is 5.97 Å². The number of carbonyl (C=O) groups excluding carboxylic acids is 1. The number of nitrogens with zero attached hydrogens (tertiary/aromatic N) is 2. The van der Waals surface area contributed by atoms with Crippen LogP contribution in [-0.4, -0.2) is 37.2 Å². The Morgan fingerprint density at radius 3 is 2.21 bits per heavy atom. The summed E-state index contributed by atoms with van der Waals surface area (Å²) in [5.41, 5.74) is 9.11. The van der Waals surface area contributed by atoms with Gasteiger partial charge in [0.2, 0.25) is 5.36 Å². The van der Waals surface area contributed by atoms with Crippen LogP contribution in [0.5, 0.6) is 11.5 Å². The van der Waals surface area contributed by atoms with Crippen molar-refractivity contribution in [3.8, 4) is 11.5 Å². The fourth-order valence-corrected chi connectivity index (χ4v) is 7.41. The van der Waals surface area contributed by atoms with Crippen molar-refractivity contribution in [3.05, 3.63) is 87.0 Å². The number of hydrogen-bond donors (Lipinski definition) is 0. The average Bonchev–Trinajstić information content (AvgIpc) is 2.92. The van der Waals surface area contributed by atoms with Crippen molar-refractivity contribution < 1.29 is 14.3 Å². The summed E-state index contributed by atoms with van der Waals surface area (Å²) in [6, 6.07) is 8.90. The number of ether oxygens (including phenoxy) is 2. The third kappa shape index (κ3) is 4.45. The van der Waals surface area contributed by atoms with E-state index in [2.05, 4.69) is 101 Å². The zero-order valence-corrected chi connectivity index (χ0v) is 27.2. The minimum Gasteiger partial charge on any atom is -0.465 e. The number of likely N-dealkylation sites (N-methyl/N-ethyl adjacent to an activating group) is 2. The van der Waals surface area contributed by atoms with E-state index in [-0.39, 0.29) is 17.0 Å². The van der Waals surface area contributed by atoms with Crippen LogP contribution in [0.25, 0.3) is 16.7 Å². The number of carbonyl (C=O) groups is 1. The molecule has 3 aliphatic rings. The first-order chi connectivity index (χ1) is 19.8. The fraction of sp³-hybridized carbons (Fsp3) is 0.405. The maximum absolute atomic E-state index is 13.1. The molecular weight excluding hydrogens is 520 g/mol. The van der Waals surface area contributed by atoms with Gasteiger partial charge in [0.05, 0.1) is 24.3 Å². The van der Waals surface area contributed by atoms with Crippen LogP contribution in [-0.2, 0) is 9.53 Å². The largest absolute Gasteiger partial charge is 0.465 e. The van der Waals surface area contributed by atoms with Gasteiger partial charge in [0, 0.05) is 59.6 Å². The topological polar surface area (TPSA) is 41.8 Å². The van der Waals surface area contributed by atoms with Crippen molar-refractivity contribution >= 4 is 28.4 Å². The molecule has 0 atom stereocenters. The standard InChI is InChI=1S/C37H45N2O3/c1-12-24(25(13-2)35(40)41-11)34-28-16-26-22(5)20-36(7,8)38(14-3)30(26)18-32(28)42-33-19-31-27(17-29(33)34)23(6)21-37(9,10)39(31)15-4/h12-13,16-21H,14-15H2,1-11H3/q+1/b24-12+,25-13+. The molecular formula is C37H45N2O3+. The lowest BCUT2D eigenvalue weighted by atomic mass is 9.82. The number of rotatable bonds is 5. The van der Waals surface area contributed by atoms with Gasteiger partial charge in [0.15, 0.2) is 5.54 Å². The molecule has 5 nitrogen and oxygen atoms in total. The first kappa shape index (κ1) is 29.6. The lowest BCUT2D eigenvalue weighted by Crippen LogP contribution is -2.49. The third-order valence-corrected chi connectivity index (χ3v) is 9.09. The molecule has 220 valence electrons. The van der Waals surface area contributed by atoms with Crippen molar-refractivity contribution in [3.63, 3.8) is 0 Å². The highest BCUT2D eigenvalue weighted by atomic mass is 16.5. The smallest absolute Gasteiger partial charge is 0.338 e. The molecule has 0 bridgehead atoms. The van der Waals surface area contributed by atoms with Crippen LogP contribution in [0.2, 0.25) is 0 Å². The van der Waals surface area contributed by atoms with Crippen LogP contribution in [0, 0.1) is 0 Å². The Kier molecular flexibility index (Phi) is 7.37. The molecule has 0 spiro atoms. The monoisotopic (exact) mass is 565 g/mol. The number of allylic oxidation sites excluding steroid dienone is 4. The molecule has 0 aliphatic carbocycles. The van der Waals surface area contributed by atoms with E-state index in [0.717, 1.165) is 46.5 Å². The number of anilines is 1. The lowest BCUT2D eigenvalue weighted by Gasteiger charge is -2.43. The quantitative estimate of drug-likeness (QED) is 0.173. The van der Waals surface area contributed by atoms with E-state index >= 15 is 0 Å². The van der Waals surface area contributed by atoms with Crippen LogP contribution in [0.4, 0.5) is 5.69 Å². The van der Waals surface area contributed by atoms with Gasteiger partial charge in [-0.3, -0.25) is 0 Å². The van der Waals surface area contributed by atoms with Gasteiger partial charge in [-0.2, -0.15) is 0 Å². The van der Waals surface area contributed by atoms with Gasteiger partial charge in [-0.05, 0) is 90.3 Å². The molecule has 5 rings (SSSR count). The predicted octanol–water partition coefficient (Wildman–Crippen LogP) is 6.79. The molecule has 2 aromatic carbocycles. The van der Waals surface area contributed by atoms with E-state index in [4.69, 9.17) is 9.47 Å². The van der Waals surface area contributed by atoms with E-state index in [1.165, 1.54) is 40.4 Å². The van der Waals surface area contributed by atoms with Gasteiger partial charge in [0.25, 0.3) is 0 Å². The number of fused-ring (bicyclic) bond motifs is 4. The highest BCUT2D eigenvalue weighted by Gasteiger charge is 2.36. The second kappa shape index (κ2) is 10.4. The zero-order chi connectivity index (χ0) is 30.7. The minimum absolute atomic E-state index is 0.118. The Labute approximate surface area is 250 Å². The Hall–Kier alpha value is -3.86. The highest BCUT2D eigenvalue weighted by molar-refractivity contribution is 6.03. The Morgan fingerprint density at radius 1 is 0.929 bits per heavy atom. The van der Waals surface area contributed by atoms with Crippen LogP contribution in [0.3, 0.4) is 0 Å². The highest BCUT2D eigenvalue weighted by Crippen LogP contribution is 2.47. The zero-order valence-electron chi connectivity index (χ0n) is 27.2. The van der Waals surface area contributed by atoms with Crippen molar-refractivity contribution in [1.29, 1.82) is 0 Å². The summed E-state index contributed by atoms with van der Waals surface area (Å²) in [6.45, 7) is 23.4. The van der Waals surface area contributed by atoms with Gasteiger partial charge < -0.3 is 14.4 Å². The number of methoxy groups -OCH3 is 1. The number of hydrogen-bond acceptors (Lipinski definition) is 4. The maximum Gasteiger partial charge on any atom is 0.338 e. The molecule has 2 aromatic rings. The molecule has 0 amide bonds. The Balaban J connectivity index is 1.94. The number of esters is 1. The Morgan fingerprint density at radius 2 is 1.62 bits per heavy atom. The summed E-state index contributed by atoms with van der Waals surface area (Å²) in [4.78, 5) is 15.5. The molecule has 0 fully saturated rings. The summed E-state index contributed by atoms with van der Waals surface area (Å²) < 4.78 is 14.5. The Bertz CT molecular complexity index is 1760. The van der Waals surface area contributed by atoms with Crippen molar-refractivity contribution in [2.24, 2.45) is 0 Å². The van der Waals surface area contributed by atoms with Crippen molar-refractivity contribution in [2.75, 3.05) is 25.1 Å². The second-order valence-corrected chi connectivity index (χ2v) is 12.6. The first-order valence-electron chi connectivity index (χ1n) is 15.1. The summed E-state index contributed by atoms with van der Waals surface area (Å²) >= 11 is 0. The molecule has 0 radical (unpaired) electrons. The van der Waals surface area contributed by atoms with Gasteiger partial charge in [-0.15, -0.1) is 0 Å². The van der Waals surface area contributed by atoms with Gasteiger partial charge in [-0.1, -0.05) is 18.2 Å². The number of benzene rings is 2. The molecule has 3 aliphatic heterocycles. The van der Waals surface area contributed by atoms with E-state index in [1.54, 1.807) is 0 Å². The summed E-state index contributed by atoms with van der Waals surface area (Å²) in [5.74, 6) is 1.24. The van der Waals surface area contributed by atoms with E-state index < -0.39 is 0 Å². The SMILES string of the molecule is C/C=C(C1=c2cc3c(cc2Oc2cc4c(cc21)C(C)=CC(C)(C)N4CC)=[N+](CC)C(C)(C)C=C3C)\C(=C/C)C(=O)OC. The van der Waals surface area contributed by atoms with Gasteiger partial charge in [0.1, 0.15) is 18.0 Å². The first-order valence-corrected chi connectivity index (χ1v) is 15.1. The fourth-order valence-electron chi connectivity index (χ4n) is 7.41. The van der Waals surface area contributed by atoms with Crippen molar-refractivity contribution in [2.45, 2.75) is 80.3 Å². The van der Waals surface area contributed by atoms with E-state index in [9.17, 15) is 4.79 Å². The van der Waals surface area contributed by atoms with Crippen molar-refractivity contribution in [1.82, 2.24) is 4.58 Å². The molecule has 0 aromatic heterocycles. The van der Waals surface area contributed by atoms with Crippen LogP contribution in [0.1, 0.15) is 85.9 Å². The molecule has 5 heteroatoms.